The predicted octanol–water partition coefficient (Wildman–Crippen LogP) is 2.35. The van der Waals surface area contributed by atoms with Crippen molar-refractivity contribution in [1.29, 1.82) is 0 Å². The van der Waals surface area contributed by atoms with Gasteiger partial charge in [-0.25, -0.2) is 0 Å². The first-order valence-electron chi connectivity index (χ1n) is 5.44. The second kappa shape index (κ2) is 5.06. The van der Waals surface area contributed by atoms with E-state index in [1.807, 2.05) is 4.90 Å². The highest BCUT2D eigenvalue weighted by Gasteiger charge is 2.26. The molecule has 1 saturated heterocycles. The van der Waals surface area contributed by atoms with Crippen molar-refractivity contribution in [2.24, 2.45) is 5.41 Å². The van der Waals surface area contributed by atoms with Gasteiger partial charge in [-0.1, -0.05) is 13.8 Å². The molecule has 1 heterocycles. The Bertz CT molecular complexity index is 203. The van der Waals surface area contributed by atoms with Crippen LogP contribution in [-0.4, -0.2) is 29.6 Å². The average molecular weight is 215 g/mol. The largest absolute Gasteiger partial charge is 0.343 e. The Labute approximate surface area is 92.5 Å². The lowest BCUT2D eigenvalue weighted by Crippen LogP contribution is -2.31. The van der Waals surface area contributed by atoms with Gasteiger partial charge in [0.1, 0.15) is 0 Å². The molecule has 1 amide bonds. The van der Waals surface area contributed by atoms with E-state index in [4.69, 9.17) is 0 Å². The number of likely N-dealkylation sites (tertiary alicyclic amines) is 1. The quantitative estimate of drug-likeness (QED) is 0.717. The highest BCUT2D eigenvalue weighted by atomic mass is 32.1. The number of rotatable bonds is 3. The minimum Gasteiger partial charge on any atom is -0.343 e. The van der Waals surface area contributed by atoms with Crippen LogP contribution in [0.4, 0.5) is 0 Å². The summed E-state index contributed by atoms with van der Waals surface area (Å²) in [5.41, 5.74) is 0.339. The van der Waals surface area contributed by atoms with Crippen molar-refractivity contribution in [3.63, 3.8) is 0 Å². The molecule has 0 N–H and O–H groups in total. The van der Waals surface area contributed by atoms with E-state index in [1.165, 1.54) is 0 Å². The van der Waals surface area contributed by atoms with Crippen LogP contribution in [0.15, 0.2) is 0 Å². The molecular formula is C11H21NOS. The van der Waals surface area contributed by atoms with E-state index < -0.39 is 0 Å². The maximum Gasteiger partial charge on any atom is 0.222 e. The molecule has 14 heavy (non-hydrogen) atoms. The van der Waals surface area contributed by atoms with Crippen molar-refractivity contribution in [2.45, 2.75) is 39.5 Å². The van der Waals surface area contributed by atoms with Crippen LogP contribution >= 0.6 is 12.6 Å². The molecule has 1 aliphatic heterocycles. The zero-order chi connectivity index (χ0) is 10.6. The van der Waals surface area contributed by atoms with Gasteiger partial charge in [0, 0.05) is 19.5 Å². The van der Waals surface area contributed by atoms with Crippen LogP contribution in [-0.2, 0) is 4.79 Å². The molecule has 1 rings (SSSR count). The van der Waals surface area contributed by atoms with Crippen LogP contribution in [0.3, 0.4) is 0 Å². The highest BCUT2D eigenvalue weighted by molar-refractivity contribution is 7.80. The summed E-state index contributed by atoms with van der Waals surface area (Å²) in [7, 11) is 0. The molecule has 0 aliphatic carbocycles. The van der Waals surface area contributed by atoms with Gasteiger partial charge in [0.2, 0.25) is 5.91 Å². The van der Waals surface area contributed by atoms with E-state index in [0.717, 1.165) is 44.5 Å². The van der Waals surface area contributed by atoms with Gasteiger partial charge in [-0.15, -0.1) is 0 Å². The van der Waals surface area contributed by atoms with Gasteiger partial charge in [-0.05, 0) is 30.4 Å². The van der Waals surface area contributed by atoms with Crippen molar-refractivity contribution in [3.05, 3.63) is 0 Å². The molecule has 0 aromatic rings. The van der Waals surface area contributed by atoms with E-state index in [0.29, 0.717) is 11.3 Å². The van der Waals surface area contributed by atoms with Gasteiger partial charge < -0.3 is 4.90 Å². The summed E-state index contributed by atoms with van der Waals surface area (Å²) < 4.78 is 0. The number of nitrogens with zero attached hydrogens (tertiary/aromatic N) is 1. The molecule has 2 nitrogen and oxygen atoms in total. The number of carbonyl (C=O) groups is 1. The average Bonchev–Trinajstić information content (AvgIpc) is 2.25. The Hall–Kier alpha value is -0.180. The molecule has 82 valence electrons. The second-order valence-electron chi connectivity index (χ2n) is 4.87. The van der Waals surface area contributed by atoms with Crippen LogP contribution in [0.2, 0.25) is 0 Å². The van der Waals surface area contributed by atoms with Crippen LogP contribution in [0.25, 0.3) is 0 Å². The minimum absolute atomic E-state index is 0.331. The normalized spacial score (nSPS) is 22.2. The van der Waals surface area contributed by atoms with Crippen LogP contribution < -0.4 is 0 Å². The van der Waals surface area contributed by atoms with Crippen molar-refractivity contribution in [2.75, 3.05) is 18.8 Å². The molecule has 0 aromatic carbocycles. The first-order valence-corrected chi connectivity index (χ1v) is 6.07. The van der Waals surface area contributed by atoms with Gasteiger partial charge in [-0.2, -0.15) is 12.6 Å². The lowest BCUT2D eigenvalue weighted by molar-refractivity contribution is -0.130. The second-order valence-corrected chi connectivity index (χ2v) is 5.32. The van der Waals surface area contributed by atoms with Gasteiger partial charge in [0.05, 0.1) is 0 Å². The first kappa shape index (κ1) is 11.9. The third-order valence-electron chi connectivity index (χ3n) is 3.01. The standard InChI is InChI=1S/C11H21NOS/c1-11(2)5-4-10(13)12(8-6-11)7-3-9-14/h14H,3-9H2,1-2H3. The van der Waals surface area contributed by atoms with E-state index in [2.05, 4.69) is 26.5 Å². The Morgan fingerprint density at radius 1 is 1.43 bits per heavy atom. The van der Waals surface area contributed by atoms with Crippen molar-refractivity contribution < 1.29 is 4.79 Å². The number of amides is 1. The molecule has 1 aliphatic rings. The summed E-state index contributed by atoms with van der Waals surface area (Å²) >= 11 is 4.17. The molecule has 0 saturated carbocycles. The molecule has 0 unspecified atom stereocenters. The monoisotopic (exact) mass is 215 g/mol. The van der Waals surface area contributed by atoms with E-state index >= 15 is 0 Å². The Morgan fingerprint density at radius 2 is 2.14 bits per heavy atom. The number of carbonyl (C=O) groups excluding carboxylic acids is 1. The fourth-order valence-corrected chi connectivity index (χ4v) is 1.93. The molecule has 0 spiro atoms. The molecule has 3 heteroatoms. The molecule has 0 atom stereocenters. The van der Waals surface area contributed by atoms with Crippen LogP contribution in [0, 0.1) is 5.41 Å². The topological polar surface area (TPSA) is 20.3 Å². The minimum atomic E-state index is 0.331. The fourth-order valence-electron chi connectivity index (χ4n) is 1.79. The zero-order valence-corrected chi connectivity index (χ0v) is 10.1. The van der Waals surface area contributed by atoms with Crippen molar-refractivity contribution in [3.8, 4) is 0 Å². The maximum absolute atomic E-state index is 11.7. The van der Waals surface area contributed by atoms with Crippen LogP contribution in [0.5, 0.6) is 0 Å². The third-order valence-corrected chi connectivity index (χ3v) is 3.33. The molecular weight excluding hydrogens is 194 g/mol. The molecule has 0 aromatic heterocycles. The van der Waals surface area contributed by atoms with Gasteiger partial charge in [0.25, 0.3) is 0 Å². The number of hydrogen-bond acceptors (Lipinski definition) is 2. The summed E-state index contributed by atoms with van der Waals surface area (Å²) in [4.78, 5) is 13.7. The van der Waals surface area contributed by atoms with Gasteiger partial charge >= 0.3 is 0 Å². The summed E-state index contributed by atoms with van der Waals surface area (Å²) in [6.07, 6.45) is 3.89. The van der Waals surface area contributed by atoms with Crippen LogP contribution in [0.1, 0.15) is 39.5 Å². The lowest BCUT2D eigenvalue weighted by Gasteiger charge is -2.23. The maximum atomic E-state index is 11.7. The summed E-state index contributed by atoms with van der Waals surface area (Å²) in [5.74, 6) is 1.20. The third kappa shape index (κ3) is 3.52. The van der Waals surface area contributed by atoms with E-state index in [9.17, 15) is 4.79 Å². The van der Waals surface area contributed by atoms with Crippen molar-refractivity contribution in [1.82, 2.24) is 4.90 Å². The van der Waals surface area contributed by atoms with E-state index in [1.54, 1.807) is 0 Å². The lowest BCUT2D eigenvalue weighted by atomic mass is 9.85. The first-order chi connectivity index (χ1) is 6.55. The van der Waals surface area contributed by atoms with Crippen molar-refractivity contribution >= 4 is 18.5 Å². The predicted molar refractivity (Wildman–Crippen MR) is 62.7 cm³/mol. The molecule has 1 fully saturated rings. The van der Waals surface area contributed by atoms with E-state index in [-0.39, 0.29) is 0 Å². The Balaban J connectivity index is 2.47. The Kier molecular flexibility index (Phi) is 4.30. The van der Waals surface area contributed by atoms with Gasteiger partial charge in [0.15, 0.2) is 0 Å². The fraction of sp³-hybridized carbons (Fsp3) is 0.909. The summed E-state index contributed by atoms with van der Waals surface area (Å²) in [5, 5.41) is 0. The van der Waals surface area contributed by atoms with Gasteiger partial charge in [-0.3, -0.25) is 4.79 Å². The Morgan fingerprint density at radius 3 is 2.79 bits per heavy atom. The summed E-state index contributed by atoms with van der Waals surface area (Å²) in [6, 6.07) is 0. The number of thiol groups is 1. The highest BCUT2D eigenvalue weighted by Crippen LogP contribution is 2.30. The number of hydrogen-bond donors (Lipinski definition) is 1. The molecule has 0 radical (unpaired) electrons. The summed E-state index contributed by atoms with van der Waals surface area (Å²) in [6.45, 7) is 6.32. The zero-order valence-electron chi connectivity index (χ0n) is 9.25. The SMILES string of the molecule is CC1(C)CCC(=O)N(CCCS)CC1. The smallest absolute Gasteiger partial charge is 0.222 e. The molecule has 0 bridgehead atoms.